The molecule has 2 aliphatic carbocycles. The molecule has 0 radical (unpaired) electrons. The fraction of sp³-hybridized carbons (Fsp3) is 0.0714. The van der Waals surface area contributed by atoms with E-state index in [0.717, 1.165) is 24.0 Å². The fourth-order valence-electron chi connectivity index (χ4n) is 5.89. The first-order chi connectivity index (χ1) is 15.4. The summed E-state index contributed by atoms with van der Waals surface area (Å²) in [7, 11) is 0. The molecule has 0 atom stereocenters. The average Bonchev–Trinajstić information content (AvgIpc) is 3.52. The zero-order chi connectivity index (χ0) is 20.1. The third-order valence-corrected chi connectivity index (χ3v) is 7.20. The molecular formula is C28H17N3. The molecule has 3 aromatic heterocycles. The van der Waals surface area contributed by atoms with Crippen molar-refractivity contribution in [2.75, 3.05) is 0 Å². The van der Waals surface area contributed by atoms with Gasteiger partial charge in [0.1, 0.15) is 5.65 Å². The predicted octanol–water partition coefficient (Wildman–Crippen LogP) is 6.18. The maximum Gasteiger partial charge on any atom is 0.145 e. The number of imidazole rings is 1. The number of hydrogen-bond acceptors (Lipinski definition) is 2. The summed E-state index contributed by atoms with van der Waals surface area (Å²) in [4.78, 5) is 9.16. The van der Waals surface area contributed by atoms with Gasteiger partial charge in [-0.25, -0.2) is 4.98 Å². The van der Waals surface area contributed by atoms with Gasteiger partial charge < -0.3 is 0 Å². The lowest BCUT2D eigenvalue weighted by Gasteiger charge is -2.12. The molecule has 6 aromatic rings. The third-order valence-electron chi connectivity index (χ3n) is 7.20. The van der Waals surface area contributed by atoms with Crippen LogP contribution in [0.25, 0.3) is 49.6 Å². The zero-order valence-electron chi connectivity index (χ0n) is 16.8. The van der Waals surface area contributed by atoms with Crippen molar-refractivity contribution in [2.45, 2.75) is 12.8 Å². The Balaban J connectivity index is 1.47. The predicted molar refractivity (Wildman–Crippen MR) is 124 cm³/mol. The summed E-state index contributed by atoms with van der Waals surface area (Å²) in [6.07, 6.45) is 9.81. The summed E-state index contributed by atoms with van der Waals surface area (Å²) in [6.45, 7) is 0. The smallest absolute Gasteiger partial charge is 0.145 e. The van der Waals surface area contributed by atoms with Crippen molar-refractivity contribution in [3.63, 3.8) is 0 Å². The van der Waals surface area contributed by atoms with Gasteiger partial charge in [-0.15, -0.1) is 0 Å². The summed E-state index contributed by atoms with van der Waals surface area (Å²) in [5, 5.41) is 3.71. The van der Waals surface area contributed by atoms with E-state index >= 15 is 0 Å². The first-order valence-corrected chi connectivity index (χ1v) is 10.8. The van der Waals surface area contributed by atoms with Gasteiger partial charge in [0.2, 0.25) is 0 Å². The van der Waals surface area contributed by atoms with Gasteiger partial charge in [-0.05, 0) is 75.5 Å². The van der Waals surface area contributed by atoms with Gasteiger partial charge in [0.25, 0.3) is 0 Å². The van der Waals surface area contributed by atoms with Crippen LogP contribution >= 0.6 is 0 Å². The number of nitrogens with zero attached hydrogens (tertiary/aromatic N) is 3. The molecular weight excluding hydrogens is 378 g/mol. The van der Waals surface area contributed by atoms with Crippen LogP contribution in [0.5, 0.6) is 0 Å². The second-order valence-corrected chi connectivity index (χ2v) is 8.71. The standard InChI is InChI=1S/C28H17N3/c1-2-4-19-16(3-1)11-17-12-18-13-24-20(23(18)14-22(17)19)5-6-21-27(24)25-15-29-8-7-26(25)31-10-9-30-28(21)31/h1-10,12,14-15H,11,13H2. The molecule has 144 valence electrons. The Hall–Kier alpha value is -3.98. The first-order valence-electron chi connectivity index (χ1n) is 10.8. The van der Waals surface area contributed by atoms with Crippen LogP contribution in [0, 0.1) is 0 Å². The summed E-state index contributed by atoms with van der Waals surface area (Å²) in [5.74, 6) is 0. The number of pyridine rings is 2. The Morgan fingerprint density at radius 1 is 0.710 bits per heavy atom. The maximum atomic E-state index is 4.69. The van der Waals surface area contributed by atoms with Crippen molar-refractivity contribution in [1.29, 1.82) is 0 Å². The van der Waals surface area contributed by atoms with Gasteiger partial charge in [0.05, 0.1) is 5.52 Å². The van der Waals surface area contributed by atoms with Crippen LogP contribution in [0.1, 0.15) is 22.3 Å². The van der Waals surface area contributed by atoms with Gasteiger partial charge in [0.15, 0.2) is 0 Å². The highest BCUT2D eigenvalue weighted by atomic mass is 15.0. The Bertz CT molecular complexity index is 1740. The number of rotatable bonds is 0. The molecule has 0 saturated heterocycles. The largest absolute Gasteiger partial charge is 0.299 e. The van der Waals surface area contributed by atoms with Crippen LogP contribution in [0.4, 0.5) is 0 Å². The minimum Gasteiger partial charge on any atom is -0.299 e. The molecule has 0 bridgehead atoms. The Morgan fingerprint density at radius 3 is 2.61 bits per heavy atom. The van der Waals surface area contributed by atoms with E-state index in [4.69, 9.17) is 0 Å². The molecule has 0 saturated carbocycles. The fourth-order valence-corrected chi connectivity index (χ4v) is 5.89. The van der Waals surface area contributed by atoms with E-state index in [1.165, 1.54) is 60.7 Å². The minimum absolute atomic E-state index is 0.965. The van der Waals surface area contributed by atoms with Crippen LogP contribution in [0.2, 0.25) is 0 Å². The molecule has 31 heavy (non-hydrogen) atoms. The normalized spacial score (nSPS) is 13.5. The molecule has 8 rings (SSSR count). The Kier molecular flexibility index (Phi) is 2.74. The third kappa shape index (κ3) is 1.89. The Labute approximate surface area is 178 Å². The van der Waals surface area contributed by atoms with Crippen molar-refractivity contribution < 1.29 is 0 Å². The molecule has 3 heterocycles. The molecule has 3 aromatic carbocycles. The van der Waals surface area contributed by atoms with Crippen molar-refractivity contribution >= 4 is 27.3 Å². The second kappa shape index (κ2) is 5.38. The van der Waals surface area contributed by atoms with Gasteiger partial charge in [0, 0.05) is 40.9 Å². The van der Waals surface area contributed by atoms with Crippen molar-refractivity contribution in [1.82, 2.24) is 14.4 Å². The lowest BCUT2D eigenvalue weighted by molar-refractivity contribution is 1.22. The maximum absolute atomic E-state index is 4.69. The second-order valence-electron chi connectivity index (χ2n) is 8.71. The van der Waals surface area contributed by atoms with Crippen molar-refractivity contribution in [3.05, 3.63) is 102 Å². The highest BCUT2D eigenvalue weighted by Crippen LogP contribution is 2.47. The van der Waals surface area contributed by atoms with E-state index in [1.807, 2.05) is 24.8 Å². The monoisotopic (exact) mass is 395 g/mol. The van der Waals surface area contributed by atoms with Crippen LogP contribution in [0.3, 0.4) is 0 Å². The number of benzene rings is 3. The molecule has 0 N–H and O–H groups in total. The van der Waals surface area contributed by atoms with Crippen LogP contribution in [-0.2, 0) is 12.8 Å². The summed E-state index contributed by atoms with van der Waals surface area (Å²) in [5.41, 5.74) is 13.5. The van der Waals surface area contributed by atoms with Crippen LogP contribution < -0.4 is 0 Å². The zero-order valence-corrected chi connectivity index (χ0v) is 16.8. The highest BCUT2D eigenvalue weighted by molar-refractivity contribution is 6.15. The molecule has 3 nitrogen and oxygen atoms in total. The molecule has 0 amide bonds. The van der Waals surface area contributed by atoms with E-state index in [9.17, 15) is 0 Å². The highest BCUT2D eigenvalue weighted by Gasteiger charge is 2.27. The molecule has 3 heteroatoms. The lowest BCUT2D eigenvalue weighted by atomic mass is 9.96. The number of aromatic nitrogens is 3. The van der Waals surface area contributed by atoms with E-state index in [2.05, 4.69) is 69.0 Å². The quantitative estimate of drug-likeness (QED) is 0.287. The van der Waals surface area contributed by atoms with Crippen molar-refractivity contribution in [2.24, 2.45) is 0 Å². The van der Waals surface area contributed by atoms with Gasteiger partial charge in [-0.1, -0.05) is 36.4 Å². The molecule has 0 aliphatic heterocycles. The number of hydrogen-bond donors (Lipinski definition) is 0. The minimum atomic E-state index is 0.965. The van der Waals surface area contributed by atoms with E-state index in [-0.39, 0.29) is 0 Å². The summed E-state index contributed by atoms with van der Waals surface area (Å²) >= 11 is 0. The molecule has 2 aliphatic rings. The first kappa shape index (κ1) is 15.8. The van der Waals surface area contributed by atoms with E-state index in [0.29, 0.717) is 0 Å². The van der Waals surface area contributed by atoms with Gasteiger partial charge in [-0.2, -0.15) is 0 Å². The molecule has 0 spiro atoms. The Morgan fingerprint density at radius 2 is 1.61 bits per heavy atom. The van der Waals surface area contributed by atoms with Gasteiger partial charge in [-0.3, -0.25) is 9.38 Å². The van der Waals surface area contributed by atoms with Crippen LogP contribution in [0.15, 0.2) is 79.4 Å². The average molecular weight is 395 g/mol. The summed E-state index contributed by atoms with van der Waals surface area (Å²) < 4.78 is 2.18. The summed E-state index contributed by atoms with van der Waals surface area (Å²) in [6, 6.07) is 20.3. The topological polar surface area (TPSA) is 30.2 Å². The molecule has 0 unspecified atom stereocenters. The lowest BCUT2D eigenvalue weighted by Crippen LogP contribution is -1.94. The number of fused-ring (bicyclic) bond motifs is 13. The van der Waals surface area contributed by atoms with E-state index in [1.54, 1.807) is 0 Å². The van der Waals surface area contributed by atoms with Crippen molar-refractivity contribution in [3.8, 4) is 22.3 Å². The van der Waals surface area contributed by atoms with E-state index < -0.39 is 0 Å². The molecule has 0 fully saturated rings. The SMILES string of the molecule is c1ccc2c(c1)Cc1cc3c(cc1-2)-c1ccc2c(c1C3)c1cnccc1n1ccnc21. The van der Waals surface area contributed by atoms with Gasteiger partial charge >= 0.3 is 0 Å². The van der Waals surface area contributed by atoms with Crippen LogP contribution in [-0.4, -0.2) is 14.4 Å².